The van der Waals surface area contributed by atoms with Gasteiger partial charge >= 0.3 is 11.9 Å². The van der Waals surface area contributed by atoms with Crippen LogP contribution in [-0.4, -0.2) is 73.3 Å². The van der Waals surface area contributed by atoms with Crippen LogP contribution in [0.5, 0.6) is 0 Å². The Balaban J connectivity index is 1.76. The van der Waals surface area contributed by atoms with E-state index in [1.54, 1.807) is 0 Å². The number of carboxylic acid groups (broad SMARTS) is 2. The van der Waals surface area contributed by atoms with Gasteiger partial charge in [-0.25, -0.2) is 14.6 Å². The lowest BCUT2D eigenvalue weighted by Gasteiger charge is -2.49. The molecule has 2 atom stereocenters. The molecule has 2 aliphatic rings. The standard InChI is InChI=1S/C18H17N5O7S2/c1-2-8-6-31-16-12(15(27)23(16)13(8)17(28)29)21-14(26)11(9-7-32-18(19)20-9)22-30-5-3-4-10(24)25/h2-4,7,12,16H,1,5-6H2,(H2,19,20)(H,21,26)(H,24,25)(H,28,29)/b4-3+,22-11?/t12?,16-/m1/s1. The van der Waals surface area contributed by atoms with Crippen molar-refractivity contribution in [2.75, 3.05) is 18.1 Å². The fourth-order valence-corrected chi connectivity index (χ4v) is 4.79. The lowest BCUT2D eigenvalue weighted by atomic mass is 10.0. The first-order valence-corrected chi connectivity index (χ1v) is 10.8. The van der Waals surface area contributed by atoms with Gasteiger partial charge in [0.2, 0.25) is 0 Å². The minimum absolute atomic E-state index is 0.104. The molecule has 5 N–H and O–H groups in total. The van der Waals surface area contributed by atoms with E-state index < -0.39 is 35.2 Å². The van der Waals surface area contributed by atoms with Gasteiger partial charge in [0.15, 0.2) is 10.8 Å². The Morgan fingerprint density at radius 1 is 1.44 bits per heavy atom. The number of nitrogen functional groups attached to an aromatic ring is 1. The maximum Gasteiger partial charge on any atom is 0.352 e. The molecule has 12 nitrogen and oxygen atoms in total. The molecule has 0 saturated carbocycles. The molecule has 3 rings (SSSR count). The number of fused-ring (bicyclic) bond motifs is 1. The zero-order valence-electron chi connectivity index (χ0n) is 16.3. The number of thiazole rings is 1. The average Bonchev–Trinajstić information content (AvgIpc) is 3.18. The minimum Gasteiger partial charge on any atom is -0.478 e. The molecule has 0 spiro atoms. The Kier molecular flexibility index (Phi) is 6.95. The van der Waals surface area contributed by atoms with Crippen molar-refractivity contribution in [3.8, 4) is 0 Å². The Bertz CT molecular complexity index is 1080. The molecule has 32 heavy (non-hydrogen) atoms. The number of hydrogen-bond acceptors (Lipinski definition) is 10. The van der Waals surface area contributed by atoms with Crippen LogP contribution >= 0.6 is 23.1 Å². The number of nitrogens with zero attached hydrogens (tertiary/aromatic N) is 3. The fraction of sp³-hybridized carbons (Fsp3) is 0.222. The van der Waals surface area contributed by atoms with E-state index >= 15 is 0 Å². The van der Waals surface area contributed by atoms with Crippen LogP contribution in [-0.2, 0) is 24.0 Å². The van der Waals surface area contributed by atoms with Crippen molar-refractivity contribution in [1.29, 1.82) is 0 Å². The Hall–Kier alpha value is -3.65. The van der Waals surface area contributed by atoms with Gasteiger partial charge in [0.1, 0.15) is 29.4 Å². The van der Waals surface area contributed by atoms with Crippen LogP contribution in [0.3, 0.4) is 0 Å². The van der Waals surface area contributed by atoms with E-state index in [1.165, 1.54) is 29.3 Å². The molecule has 0 radical (unpaired) electrons. The van der Waals surface area contributed by atoms with Crippen molar-refractivity contribution in [3.63, 3.8) is 0 Å². The van der Waals surface area contributed by atoms with Crippen molar-refractivity contribution in [3.05, 3.63) is 47.2 Å². The van der Waals surface area contributed by atoms with Gasteiger partial charge in [-0.3, -0.25) is 14.5 Å². The highest BCUT2D eigenvalue weighted by atomic mass is 32.2. The number of nitrogens with one attached hydrogen (secondary N) is 1. The minimum atomic E-state index is -1.26. The summed E-state index contributed by atoms with van der Waals surface area (Å²) in [6.45, 7) is 3.35. The molecule has 168 valence electrons. The van der Waals surface area contributed by atoms with E-state index in [-0.39, 0.29) is 28.8 Å². The van der Waals surface area contributed by atoms with Crippen LogP contribution in [0.15, 0.2) is 46.6 Å². The zero-order valence-corrected chi connectivity index (χ0v) is 17.9. The summed E-state index contributed by atoms with van der Waals surface area (Å²) in [5, 5.41) is 25.3. The van der Waals surface area contributed by atoms with Gasteiger partial charge in [0.25, 0.3) is 11.8 Å². The second-order valence-corrected chi connectivity index (χ2v) is 8.29. The monoisotopic (exact) mass is 479 g/mol. The number of nitrogens with two attached hydrogens (primary N) is 1. The molecular formula is C18H17N5O7S2. The Morgan fingerprint density at radius 3 is 2.78 bits per heavy atom. The lowest BCUT2D eigenvalue weighted by molar-refractivity contribution is -0.150. The lowest BCUT2D eigenvalue weighted by Crippen LogP contribution is -2.71. The maximum absolute atomic E-state index is 12.8. The maximum atomic E-state index is 12.8. The topological polar surface area (TPSA) is 185 Å². The number of carboxylic acids is 2. The SMILES string of the molecule is C=CC1=C(C(=O)O)N2C(=O)C(NC(=O)C(=NOC/C=C/C(=O)O)c3csc(N)n3)[C@H]2SC1. The van der Waals surface area contributed by atoms with Crippen LogP contribution in [0.4, 0.5) is 5.13 Å². The van der Waals surface area contributed by atoms with Gasteiger partial charge in [-0.05, 0) is 11.6 Å². The number of carbonyl (C=O) groups is 4. The number of oxime groups is 1. The molecule has 0 bridgehead atoms. The highest BCUT2D eigenvalue weighted by Crippen LogP contribution is 2.40. The third-order valence-corrected chi connectivity index (χ3v) is 6.28. The summed E-state index contributed by atoms with van der Waals surface area (Å²) in [7, 11) is 0. The Morgan fingerprint density at radius 2 is 2.19 bits per heavy atom. The molecule has 3 heterocycles. The largest absolute Gasteiger partial charge is 0.478 e. The third kappa shape index (κ3) is 4.65. The molecule has 0 aliphatic carbocycles. The molecule has 1 saturated heterocycles. The number of rotatable bonds is 9. The summed E-state index contributed by atoms with van der Waals surface area (Å²) < 4.78 is 0. The number of hydrogen-bond donors (Lipinski definition) is 4. The molecule has 14 heteroatoms. The highest BCUT2D eigenvalue weighted by molar-refractivity contribution is 8.00. The van der Waals surface area contributed by atoms with E-state index in [0.717, 1.165) is 22.3 Å². The van der Waals surface area contributed by atoms with E-state index in [0.29, 0.717) is 11.3 Å². The summed E-state index contributed by atoms with van der Waals surface area (Å²) in [4.78, 5) is 57.7. The molecule has 2 aliphatic heterocycles. The number of thioether (sulfide) groups is 1. The molecule has 1 aromatic heterocycles. The number of allylic oxidation sites excluding steroid dienone is 1. The van der Waals surface area contributed by atoms with E-state index in [2.05, 4.69) is 22.0 Å². The molecule has 0 aromatic carbocycles. The van der Waals surface area contributed by atoms with Crippen LogP contribution in [0.25, 0.3) is 0 Å². The summed E-state index contributed by atoms with van der Waals surface area (Å²) in [5.41, 5.74) is 5.71. The van der Waals surface area contributed by atoms with Gasteiger partial charge in [-0.15, -0.1) is 23.1 Å². The fourth-order valence-electron chi connectivity index (χ4n) is 2.90. The first-order valence-electron chi connectivity index (χ1n) is 8.89. The highest BCUT2D eigenvalue weighted by Gasteiger charge is 2.54. The number of β-lactam (4-membered cyclic amide) rings is 1. The number of aromatic nitrogens is 1. The van der Waals surface area contributed by atoms with E-state index in [9.17, 15) is 24.3 Å². The average molecular weight is 479 g/mol. The number of anilines is 1. The number of aliphatic carboxylic acids is 2. The molecular weight excluding hydrogens is 462 g/mol. The van der Waals surface area contributed by atoms with Crippen LogP contribution in [0.1, 0.15) is 5.69 Å². The van der Waals surface area contributed by atoms with E-state index in [4.69, 9.17) is 15.7 Å². The van der Waals surface area contributed by atoms with Gasteiger partial charge in [-0.1, -0.05) is 17.8 Å². The second kappa shape index (κ2) is 9.65. The normalized spacial score (nSPS) is 20.6. The zero-order chi connectivity index (χ0) is 23.4. The van der Waals surface area contributed by atoms with Crippen molar-refractivity contribution in [2.24, 2.45) is 5.16 Å². The summed E-state index contributed by atoms with van der Waals surface area (Å²) in [6, 6.07) is -0.985. The van der Waals surface area contributed by atoms with Gasteiger partial charge in [0, 0.05) is 17.2 Å². The summed E-state index contributed by atoms with van der Waals surface area (Å²) >= 11 is 2.35. The van der Waals surface area contributed by atoms with Crippen molar-refractivity contribution in [1.82, 2.24) is 15.2 Å². The summed E-state index contributed by atoms with van der Waals surface area (Å²) in [6.07, 6.45) is 3.42. The van der Waals surface area contributed by atoms with Gasteiger partial charge in [-0.2, -0.15) is 0 Å². The second-order valence-electron chi connectivity index (χ2n) is 6.29. The quantitative estimate of drug-likeness (QED) is 0.124. The van der Waals surface area contributed by atoms with Crippen molar-refractivity contribution >= 4 is 57.7 Å². The third-order valence-electron chi connectivity index (χ3n) is 4.30. The first kappa shape index (κ1) is 23.0. The van der Waals surface area contributed by atoms with E-state index in [1.807, 2.05) is 0 Å². The number of amides is 2. The smallest absolute Gasteiger partial charge is 0.352 e. The van der Waals surface area contributed by atoms with Crippen LogP contribution in [0.2, 0.25) is 0 Å². The predicted octanol–water partition coefficient (Wildman–Crippen LogP) is 0.0114. The molecule has 2 amide bonds. The first-order chi connectivity index (χ1) is 15.2. The predicted molar refractivity (Wildman–Crippen MR) is 116 cm³/mol. The molecule has 1 unspecified atom stereocenters. The van der Waals surface area contributed by atoms with Gasteiger partial charge < -0.3 is 26.1 Å². The van der Waals surface area contributed by atoms with Crippen LogP contribution in [0, 0.1) is 0 Å². The van der Waals surface area contributed by atoms with Crippen LogP contribution < -0.4 is 11.1 Å². The van der Waals surface area contributed by atoms with Crippen molar-refractivity contribution in [2.45, 2.75) is 11.4 Å². The molecule has 1 fully saturated rings. The Labute approximate surface area is 189 Å². The number of carbonyl (C=O) groups excluding carboxylic acids is 2. The van der Waals surface area contributed by atoms with Crippen molar-refractivity contribution < 1.29 is 34.2 Å². The molecule has 1 aromatic rings. The summed E-state index contributed by atoms with van der Waals surface area (Å²) in [5.74, 6) is -3.49. The van der Waals surface area contributed by atoms with Gasteiger partial charge in [0.05, 0.1) is 0 Å².